The average Bonchev–Trinajstić information content (AvgIpc) is 2.96. The first-order chi connectivity index (χ1) is 7.79. The van der Waals surface area contributed by atoms with Crippen molar-refractivity contribution in [2.45, 2.75) is 32.9 Å². The lowest BCUT2D eigenvalue weighted by Gasteiger charge is -2.10. The summed E-state index contributed by atoms with van der Waals surface area (Å²) in [5.41, 5.74) is 1.18. The van der Waals surface area contributed by atoms with E-state index in [4.69, 9.17) is 0 Å². The van der Waals surface area contributed by atoms with E-state index in [2.05, 4.69) is 34.3 Å². The van der Waals surface area contributed by atoms with Gasteiger partial charge in [0.1, 0.15) is 0 Å². The highest BCUT2D eigenvalue weighted by Gasteiger charge is 2.06. The zero-order chi connectivity index (χ0) is 11.4. The Morgan fingerprint density at radius 2 is 2.38 bits per heavy atom. The molecule has 0 radical (unpaired) electrons. The molecule has 4 nitrogen and oxygen atoms in total. The van der Waals surface area contributed by atoms with Gasteiger partial charge < -0.3 is 5.32 Å². The molecule has 0 bridgehead atoms. The first-order valence-corrected chi connectivity index (χ1v) is 6.27. The van der Waals surface area contributed by atoms with E-state index in [0.717, 1.165) is 13.0 Å². The summed E-state index contributed by atoms with van der Waals surface area (Å²) in [6.45, 7) is 5.13. The van der Waals surface area contributed by atoms with Crippen LogP contribution in [0.5, 0.6) is 0 Å². The fraction of sp³-hybridized carbons (Fsp3) is 0.455. The van der Waals surface area contributed by atoms with Gasteiger partial charge in [-0.1, -0.05) is 6.92 Å². The number of aromatic nitrogens is 3. The molecule has 2 N–H and O–H groups in total. The maximum Gasteiger partial charge on any atom is 0.0925 e. The van der Waals surface area contributed by atoms with Crippen LogP contribution >= 0.6 is 11.3 Å². The number of nitrogens with zero attached hydrogens (tertiary/aromatic N) is 2. The van der Waals surface area contributed by atoms with Crippen LogP contribution in [-0.2, 0) is 13.0 Å². The van der Waals surface area contributed by atoms with Crippen molar-refractivity contribution in [3.63, 3.8) is 0 Å². The van der Waals surface area contributed by atoms with Gasteiger partial charge in [-0.05, 0) is 13.3 Å². The number of aryl methyl sites for hydroxylation is 1. The summed E-state index contributed by atoms with van der Waals surface area (Å²) in [5.74, 6) is 0. The third kappa shape index (κ3) is 2.68. The van der Waals surface area contributed by atoms with Gasteiger partial charge in [-0.2, -0.15) is 5.10 Å². The van der Waals surface area contributed by atoms with Gasteiger partial charge >= 0.3 is 0 Å². The molecule has 1 atom stereocenters. The van der Waals surface area contributed by atoms with Crippen LogP contribution in [-0.4, -0.2) is 15.2 Å². The van der Waals surface area contributed by atoms with Gasteiger partial charge in [-0.3, -0.25) is 5.10 Å². The van der Waals surface area contributed by atoms with Gasteiger partial charge in [0.15, 0.2) is 0 Å². The van der Waals surface area contributed by atoms with Crippen LogP contribution in [0.25, 0.3) is 0 Å². The Hall–Kier alpha value is -1.20. The topological polar surface area (TPSA) is 53.6 Å². The van der Waals surface area contributed by atoms with Crippen LogP contribution in [0.3, 0.4) is 0 Å². The summed E-state index contributed by atoms with van der Waals surface area (Å²) in [6, 6.07) is 0.311. The molecular weight excluding hydrogens is 220 g/mol. The smallest absolute Gasteiger partial charge is 0.0925 e. The molecular formula is C11H16N4S. The second kappa shape index (κ2) is 5.23. The third-order valence-electron chi connectivity index (χ3n) is 2.51. The molecule has 0 aliphatic rings. The average molecular weight is 236 g/mol. The number of rotatable bonds is 5. The Labute approximate surface area is 99.1 Å². The molecule has 1 unspecified atom stereocenters. The van der Waals surface area contributed by atoms with Crippen molar-refractivity contribution >= 4 is 11.3 Å². The van der Waals surface area contributed by atoms with Gasteiger partial charge in [-0.25, -0.2) is 4.98 Å². The molecule has 0 aliphatic heterocycles. The highest BCUT2D eigenvalue weighted by Crippen LogP contribution is 2.15. The number of hydrogen-bond acceptors (Lipinski definition) is 4. The van der Waals surface area contributed by atoms with Crippen LogP contribution < -0.4 is 5.32 Å². The minimum absolute atomic E-state index is 0.311. The molecule has 16 heavy (non-hydrogen) atoms. The van der Waals surface area contributed by atoms with E-state index in [9.17, 15) is 0 Å². The van der Waals surface area contributed by atoms with Gasteiger partial charge in [0, 0.05) is 35.4 Å². The first-order valence-electron chi connectivity index (χ1n) is 5.45. The quantitative estimate of drug-likeness (QED) is 0.837. The van der Waals surface area contributed by atoms with Crippen molar-refractivity contribution in [3.8, 4) is 0 Å². The summed E-state index contributed by atoms with van der Waals surface area (Å²) in [4.78, 5) is 5.62. The summed E-state index contributed by atoms with van der Waals surface area (Å²) < 4.78 is 0. The molecule has 0 fully saturated rings. The zero-order valence-electron chi connectivity index (χ0n) is 9.53. The number of nitrogens with one attached hydrogen (secondary N) is 2. The van der Waals surface area contributed by atoms with Crippen LogP contribution in [0.2, 0.25) is 0 Å². The highest BCUT2D eigenvalue weighted by atomic mass is 32.1. The Kier molecular flexibility index (Phi) is 3.69. The summed E-state index contributed by atoms with van der Waals surface area (Å²) in [5, 5.41) is 11.4. The number of H-pyrrole nitrogens is 1. The van der Waals surface area contributed by atoms with Crippen molar-refractivity contribution in [2.24, 2.45) is 0 Å². The Morgan fingerprint density at radius 3 is 3.00 bits per heavy atom. The van der Waals surface area contributed by atoms with Gasteiger partial charge in [0.2, 0.25) is 0 Å². The lowest BCUT2D eigenvalue weighted by atomic mass is 10.2. The van der Waals surface area contributed by atoms with Crippen molar-refractivity contribution in [2.75, 3.05) is 0 Å². The Balaban J connectivity index is 1.87. The maximum atomic E-state index is 4.34. The molecule has 2 rings (SSSR count). The van der Waals surface area contributed by atoms with Crippen molar-refractivity contribution in [3.05, 3.63) is 34.0 Å². The number of aromatic amines is 1. The molecule has 2 aromatic rings. The maximum absolute atomic E-state index is 4.34. The highest BCUT2D eigenvalue weighted by molar-refractivity contribution is 7.11. The minimum atomic E-state index is 0.311. The van der Waals surface area contributed by atoms with E-state index >= 15 is 0 Å². The molecule has 2 aromatic heterocycles. The molecule has 2 heterocycles. The van der Waals surface area contributed by atoms with Crippen molar-refractivity contribution in [1.29, 1.82) is 0 Å². The van der Waals surface area contributed by atoms with E-state index in [0.29, 0.717) is 6.04 Å². The van der Waals surface area contributed by atoms with Gasteiger partial charge in [0.25, 0.3) is 0 Å². The van der Waals surface area contributed by atoms with Gasteiger partial charge in [0.05, 0.1) is 11.2 Å². The van der Waals surface area contributed by atoms with E-state index in [1.807, 2.05) is 18.6 Å². The summed E-state index contributed by atoms with van der Waals surface area (Å²) in [6.07, 6.45) is 6.74. The normalized spacial score (nSPS) is 12.9. The summed E-state index contributed by atoms with van der Waals surface area (Å²) >= 11 is 1.78. The molecule has 0 spiro atoms. The fourth-order valence-electron chi connectivity index (χ4n) is 1.46. The standard InChI is InChI=1S/C11H16N4S/c1-3-11-13-7-10(16-11)6-12-8(2)9-4-14-15-5-9/h4-5,7-8,12H,3,6H2,1-2H3,(H,14,15). The zero-order valence-corrected chi connectivity index (χ0v) is 10.3. The second-order valence-electron chi connectivity index (χ2n) is 3.71. The SMILES string of the molecule is CCc1ncc(CNC(C)c2cn[nH]c2)s1. The first kappa shape index (κ1) is 11.3. The van der Waals surface area contributed by atoms with Crippen molar-refractivity contribution < 1.29 is 0 Å². The molecule has 0 saturated carbocycles. The van der Waals surface area contributed by atoms with E-state index < -0.39 is 0 Å². The second-order valence-corrected chi connectivity index (χ2v) is 4.91. The molecule has 86 valence electrons. The largest absolute Gasteiger partial charge is 0.305 e. The molecule has 0 aromatic carbocycles. The van der Waals surface area contributed by atoms with Crippen LogP contribution in [0.15, 0.2) is 18.6 Å². The molecule has 5 heteroatoms. The molecule has 0 aliphatic carbocycles. The van der Waals surface area contributed by atoms with Crippen molar-refractivity contribution in [1.82, 2.24) is 20.5 Å². The fourth-order valence-corrected chi connectivity index (χ4v) is 2.28. The van der Waals surface area contributed by atoms with E-state index in [-0.39, 0.29) is 0 Å². The van der Waals surface area contributed by atoms with E-state index in [1.54, 1.807) is 11.3 Å². The van der Waals surface area contributed by atoms with Crippen LogP contribution in [0.1, 0.15) is 35.3 Å². The van der Waals surface area contributed by atoms with Crippen LogP contribution in [0.4, 0.5) is 0 Å². The van der Waals surface area contributed by atoms with Crippen LogP contribution in [0, 0.1) is 0 Å². The lowest BCUT2D eigenvalue weighted by molar-refractivity contribution is 0.578. The predicted octanol–water partition coefficient (Wildman–Crippen LogP) is 2.28. The molecule has 0 amide bonds. The van der Waals surface area contributed by atoms with Gasteiger partial charge in [-0.15, -0.1) is 11.3 Å². The van der Waals surface area contributed by atoms with E-state index in [1.165, 1.54) is 15.4 Å². The number of thiazole rings is 1. The summed E-state index contributed by atoms with van der Waals surface area (Å²) in [7, 11) is 0. The predicted molar refractivity (Wildman–Crippen MR) is 65.3 cm³/mol. The third-order valence-corrected chi connectivity index (χ3v) is 3.65. The lowest BCUT2D eigenvalue weighted by Crippen LogP contribution is -2.16. The monoisotopic (exact) mass is 236 g/mol. The Bertz CT molecular complexity index is 421. The minimum Gasteiger partial charge on any atom is -0.305 e. The number of hydrogen-bond donors (Lipinski definition) is 2. The molecule has 0 saturated heterocycles. The Morgan fingerprint density at radius 1 is 1.50 bits per heavy atom.